The van der Waals surface area contributed by atoms with Crippen LogP contribution >= 0.6 is 0 Å². The van der Waals surface area contributed by atoms with Crippen LogP contribution in [0.15, 0.2) is 41.5 Å². The summed E-state index contributed by atoms with van der Waals surface area (Å²) < 4.78 is 1.42. The van der Waals surface area contributed by atoms with Gasteiger partial charge in [0.1, 0.15) is 11.2 Å². The Bertz CT molecular complexity index is 1180. The average molecular weight is 437 g/mol. The lowest BCUT2D eigenvalue weighted by Gasteiger charge is -2.34. The summed E-state index contributed by atoms with van der Waals surface area (Å²) in [7, 11) is 3.79. The number of aryl methyl sites for hydroxylation is 1. The molecule has 0 spiro atoms. The zero-order valence-electron chi connectivity index (χ0n) is 18.3. The molecule has 0 unspecified atom stereocenters. The number of hydrogen-bond acceptors (Lipinski definition) is 8. The van der Waals surface area contributed by atoms with Gasteiger partial charge < -0.3 is 29.5 Å². The van der Waals surface area contributed by atoms with Gasteiger partial charge >= 0.3 is 0 Å². The third-order valence-electron chi connectivity index (χ3n) is 6.47. The molecule has 0 saturated carbocycles. The van der Waals surface area contributed by atoms with Gasteiger partial charge in [0.05, 0.1) is 29.7 Å². The van der Waals surface area contributed by atoms with Gasteiger partial charge in [-0.1, -0.05) is 12.1 Å². The second-order valence-corrected chi connectivity index (χ2v) is 8.76. The highest BCUT2D eigenvalue weighted by Crippen LogP contribution is 2.30. The molecule has 2 saturated heterocycles. The summed E-state index contributed by atoms with van der Waals surface area (Å²) >= 11 is 0. The lowest BCUT2D eigenvalue weighted by molar-refractivity contribution is 0.0572. The highest BCUT2D eigenvalue weighted by Gasteiger charge is 2.32. The molecule has 2 aliphatic rings. The van der Waals surface area contributed by atoms with Crippen molar-refractivity contribution in [1.82, 2.24) is 19.4 Å². The van der Waals surface area contributed by atoms with Crippen LogP contribution in [0.4, 0.5) is 11.5 Å². The van der Waals surface area contributed by atoms with Crippen molar-refractivity contribution in [3.8, 4) is 11.3 Å². The van der Waals surface area contributed by atoms with Gasteiger partial charge in [0.25, 0.3) is 5.56 Å². The van der Waals surface area contributed by atoms with E-state index >= 15 is 0 Å². The highest BCUT2D eigenvalue weighted by atomic mass is 16.3. The smallest absolute Gasteiger partial charge is 0.264 e. The number of anilines is 2. The van der Waals surface area contributed by atoms with Crippen LogP contribution in [0.2, 0.25) is 0 Å². The Labute approximate surface area is 186 Å². The van der Waals surface area contributed by atoms with Crippen LogP contribution in [0.5, 0.6) is 0 Å². The van der Waals surface area contributed by atoms with Gasteiger partial charge in [-0.2, -0.15) is 0 Å². The van der Waals surface area contributed by atoms with Crippen LogP contribution in [-0.2, 0) is 7.05 Å². The highest BCUT2D eigenvalue weighted by molar-refractivity contribution is 5.92. The van der Waals surface area contributed by atoms with Crippen molar-refractivity contribution in [3.63, 3.8) is 0 Å². The molecule has 0 bridgehead atoms. The maximum absolute atomic E-state index is 12.9. The molecular weight excluding hydrogens is 408 g/mol. The molecule has 2 fully saturated rings. The molecule has 0 radical (unpaired) electrons. The zero-order valence-corrected chi connectivity index (χ0v) is 18.3. The van der Waals surface area contributed by atoms with E-state index in [4.69, 9.17) is 4.98 Å². The number of aliphatic hydroxyl groups excluding tert-OH is 2. The number of aliphatic hydroxyl groups is 2. The van der Waals surface area contributed by atoms with E-state index in [2.05, 4.69) is 34.0 Å². The number of benzene rings is 1. The van der Waals surface area contributed by atoms with Crippen molar-refractivity contribution in [1.29, 1.82) is 0 Å². The molecule has 9 nitrogen and oxygen atoms in total. The van der Waals surface area contributed by atoms with Gasteiger partial charge in [0, 0.05) is 57.6 Å². The van der Waals surface area contributed by atoms with Crippen molar-refractivity contribution >= 4 is 22.4 Å². The number of hydrogen-bond donors (Lipinski definition) is 2. The van der Waals surface area contributed by atoms with E-state index in [1.54, 1.807) is 11.9 Å². The standard InChI is InChI=1S/C23H28N6O3/c1-26-7-9-28(10-8-26)16-5-3-15(4-6-16)17-11-18-21(23(32)27(2)14-24-18)22(25-17)29-12-19(30)20(31)13-29/h3-6,11,14,19-20,30-31H,7-10,12-13H2,1-2H3/t19-,20-/m0/s1. The van der Waals surface area contributed by atoms with Gasteiger partial charge in [-0.15, -0.1) is 0 Å². The van der Waals surface area contributed by atoms with Gasteiger partial charge in [0.15, 0.2) is 0 Å². The monoisotopic (exact) mass is 436 g/mol. The van der Waals surface area contributed by atoms with E-state index in [9.17, 15) is 15.0 Å². The lowest BCUT2D eigenvalue weighted by atomic mass is 10.1. The average Bonchev–Trinajstić information content (AvgIpc) is 3.14. The van der Waals surface area contributed by atoms with Crippen molar-refractivity contribution < 1.29 is 10.2 Å². The maximum Gasteiger partial charge on any atom is 0.264 e. The third-order valence-corrected chi connectivity index (χ3v) is 6.47. The van der Waals surface area contributed by atoms with Crippen LogP contribution in [0.25, 0.3) is 22.2 Å². The summed E-state index contributed by atoms with van der Waals surface area (Å²) in [6, 6.07) is 10.1. The number of rotatable bonds is 3. The molecule has 32 heavy (non-hydrogen) atoms. The number of nitrogens with zero attached hydrogens (tertiary/aromatic N) is 6. The van der Waals surface area contributed by atoms with Crippen LogP contribution in [0, 0.1) is 0 Å². The number of aromatic nitrogens is 3. The van der Waals surface area contributed by atoms with Crippen LogP contribution in [-0.4, -0.2) is 88.2 Å². The topological polar surface area (TPSA) is 98.0 Å². The number of likely N-dealkylation sites (N-methyl/N-ethyl adjacent to an activating group) is 1. The Hall–Kier alpha value is -3.01. The first-order chi connectivity index (χ1) is 15.4. The second kappa shape index (κ2) is 8.16. The van der Waals surface area contributed by atoms with E-state index in [1.165, 1.54) is 16.6 Å². The Balaban J connectivity index is 1.55. The molecule has 2 N–H and O–H groups in total. The number of piperazine rings is 1. The minimum absolute atomic E-state index is 0.203. The first kappa shape index (κ1) is 20.9. The Morgan fingerprint density at radius 3 is 2.25 bits per heavy atom. The molecule has 2 atom stereocenters. The molecule has 2 aliphatic heterocycles. The fraction of sp³-hybridized carbons (Fsp3) is 0.435. The summed E-state index contributed by atoms with van der Waals surface area (Å²) in [5, 5.41) is 20.5. The number of β-amino-alcohol motifs (C(OH)–C–C–N with tert-alkyl or cyclic N) is 2. The van der Waals surface area contributed by atoms with Gasteiger partial charge in [-0.05, 0) is 25.2 Å². The van der Waals surface area contributed by atoms with E-state index in [0.29, 0.717) is 22.4 Å². The van der Waals surface area contributed by atoms with Crippen molar-refractivity contribution in [2.24, 2.45) is 7.05 Å². The molecular formula is C23H28N6O3. The second-order valence-electron chi connectivity index (χ2n) is 8.76. The third kappa shape index (κ3) is 3.72. The van der Waals surface area contributed by atoms with Crippen molar-refractivity contribution in [3.05, 3.63) is 47.0 Å². The van der Waals surface area contributed by atoms with Crippen molar-refractivity contribution in [2.45, 2.75) is 12.2 Å². The maximum atomic E-state index is 12.9. The Morgan fingerprint density at radius 2 is 1.59 bits per heavy atom. The molecule has 0 amide bonds. The molecule has 9 heteroatoms. The molecule has 3 aromatic rings. The summed E-state index contributed by atoms with van der Waals surface area (Å²) in [4.78, 5) is 28.6. The van der Waals surface area contributed by atoms with E-state index < -0.39 is 12.2 Å². The number of pyridine rings is 1. The van der Waals surface area contributed by atoms with Gasteiger partial charge in [-0.25, -0.2) is 9.97 Å². The minimum Gasteiger partial charge on any atom is -0.389 e. The fourth-order valence-corrected chi connectivity index (χ4v) is 4.43. The quantitative estimate of drug-likeness (QED) is 0.605. The fourth-order valence-electron chi connectivity index (χ4n) is 4.43. The Kier molecular flexibility index (Phi) is 5.32. The summed E-state index contributed by atoms with van der Waals surface area (Å²) in [5.41, 5.74) is 3.15. The molecule has 2 aromatic heterocycles. The SMILES string of the molecule is CN1CCN(c2ccc(-c3cc4ncn(C)c(=O)c4c(N4C[C@H](O)[C@@H](O)C4)n3)cc2)CC1. The van der Waals surface area contributed by atoms with Crippen LogP contribution < -0.4 is 15.4 Å². The van der Waals surface area contributed by atoms with E-state index in [0.717, 1.165) is 31.7 Å². The molecule has 4 heterocycles. The molecule has 1 aromatic carbocycles. The molecule has 5 rings (SSSR count). The lowest BCUT2D eigenvalue weighted by Crippen LogP contribution is -2.44. The molecule has 168 valence electrons. The number of fused-ring (bicyclic) bond motifs is 1. The molecule has 0 aliphatic carbocycles. The first-order valence-corrected chi connectivity index (χ1v) is 10.9. The first-order valence-electron chi connectivity index (χ1n) is 10.9. The Morgan fingerprint density at radius 1 is 0.938 bits per heavy atom. The largest absolute Gasteiger partial charge is 0.389 e. The summed E-state index contributed by atoms with van der Waals surface area (Å²) in [6.45, 7) is 4.53. The van der Waals surface area contributed by atoms with Gasteiger partial charge in [0.2, 0.25) is 0 Å². The van der Waals surface area contributed by atoms with Crippen molar-refractivity contribution in [2.75, 3.05) is 56.1 Å². The predicted molar refractivity (Wildman–Crippen MR) is 124 cm³/mol. The predicted octanol–water partition coefficient (Wildman–Crippen LogP) is 0.289. The van der Waals surface area contributed by atoms with E-state index in [1.807, 2.05) is 18.2 Å². The van der Waals surface area contributed by atoms with Crippen LogP contribution in [0.1, 0.15) is 0 Å². The van der Waals surface area contributed by atoms with Crippen LogP contribution in [0.3, 0.4) is 0 Å². The van der Waals surface area contributed by atoms with Gasteiger partial charge in [-0.3, -0.25) is 4.79 Å². The summed E-state index contributed by atoms with van der Waals surface area (Å²) in [6.07, 6.45) is -0.250. The van der Waals surface area contributed by atoms with E-state index in [-0.39, 0.29) is 18.6 Å². The normalized spacial score (nSPS) is 22.1. The minimum atomic E-state index is -0.876. The summed E-state index contributed by atoms with van der Waals surface area (Å²) in [5.74, 6) is 0.449. The zero-order chi connectivity index (χ0) is 22.4.